The maximum Gasteiger partial charge on any atom is 0.416 e. The zero-order chi connectivity index (χ0) is 29.7. The van der Waals surface area contributed by atoms with E-state index < -0.39 is 17.6 Å². The molecule has 0 unspecified atom stereocenters. The lowest BCUT2D eigenvalue weighted by Gasteiger charge is -2.34. The molecule has 11 heteroatoms. The van der Waals surface area contributed by atoms with E-state index in [-0.39, 0.29) is 30.1 Å². The number of hydrogen-bond donors (Lipinski definition) is 2. The molecular weight excluding hydrogens is 577 g/mol. The van der Waals surface area contributed by atoms with Crippen LogP contribution >= 0.6 is 12.4 Å². The molecule has 1 aliphatic heterocycles. The SMILES string of the molecule is CCN1CCN(Cc2ccc(C(=O)Nc3ccc(C)c(Nc4cc(-c5cccnc5)ccn4)c3)cc2C(F)(F)F)CC1.Cl. The molecule has 1 fully saturated rings. The first-order valence-electron chi connectivity index (χ1n) is 13.9. The number of aromatic nitrogens is 2. The van der Waals surface area contributed by atoms with Crippen molar-refractivity contribution in [1.82, 2.24) is 19.8 Å². The highest BCUT2D eigenvalue weighted by atomic mass is 35.5. The number of carbonyl (C=O) groups excluding carboxylic acids is 1. The number of alkyl halides is 3. The highest BCUT2D eigenvalue weighted by Gasteiger charge is 2.34. The second-order valence-corrected chi connectivity index (χ2v) is 10.4. The summed E-state index contributed by atoms with van der Waals surface area (Å²) in [7, 11) is 0. The average molecular weight is 611 g/mol. The molecule has 0 atom stereocenters. The Labute approximate surface area is 255 Å². The van der Waals surface area contributed by atoms with Gasteiger partial charge in [-0.05, 0) is 72.6 Å². The first kappa shape index (κ1) is 31.9. The predicted octanol–water partition coefficient (Wildman–Crippen LogP) is 7.03. The Bertz CT molecular complexity index is 1540. The monoisotopic (exact) mass is 610 g/mol. The highest BCUT2D eigenvalue weighted by molar-refractivity contribution is 6.04. The largest absolute Gasteiger partial charge is 0.416 e. The van der Waals surface area contributed by atoms with Crippen LogP contribution < -0.4 is 10.6 Å². The van der Waals surface area contributed by atoms with Gasteiger partial charge in [0.05, 0.1) is 5.56 Å². The van der Waals surface area contributed by atoms with Crippen LogP contribution in [0.2, 0.25) is 0 Å². The summed E-state index contributed by atoms with van der Waals surface area (Å²) in [6, 6.07) is 16.7. The molecule has 0 aliphatic carbocycles. The third-order valence-electron chi connectivity index (χ3n) is 7.50. The van der Waals surface area contributed by atoms with Gasteiger partial charge in [0, 0.05) is 73.8 Å². The average Bonchev–Trinajstić information content (AvgIpc) is 2.99. The minimum atomic E-state index is -4.57. The molecule has 226 valence electrons. The fourth-order valence-electron chi connectivity index (χ4n) is 5.01. The van der Waals surface area contributed by atoms with Gasteiger partial charge in [0.2, 0.25) is 0 Å². The molecule has 2 N–H and O–H groups in total. The third kappa shape index (κ3) is 8.10. The summed E-state index contributed by atoms with van der Waals surface area (Å²) in [6.07, 6.45) is 0.597. The number of piperazine rings is 1. The number of aryl methyl sites for hydroxylation is 1. The third-order valence-corrected chi connectivity index (χ3v) is 7.50. The van der Waals surface area contributed by atoms with Gasteiger partial charge in [0.1, 0.15) is 5.82 Å². The summed E-state index contributed by atoms with van der Waals surface area (Å²) in [4.78, 5) is 25.9. The summed E-state index contributed by atoms with van der Waals surface area (Å²) in [6.45, 7) is 8.19. The maximum absolute atomic E-state index is 14.1. The first-order chi connectivity index (χ1) is 20.2. The van der Waals surface area contributed by atoms with Crippen LogP contribution in [0.25, 0.3) is 11.1 Å². The summed E-state index contributed by atoms with van der Waals surface area (Å²) in [5, 5.41) is 6.03. The van der Waals surface area contributed by atoms with Crippen molar-refractivity contribution >= 4 is 35.5 Å². The molecule has 43 heavy (non-hydrogen) atoms. The topological polar surface area (TPSA) is 73.4 Å². The number of rotatable bonds is 8. The quantitative estimate of drug-likeness (QED) is 0.223. The van der Waals surface area contributed by atoms with Crippen LogP contribution in [-0.4, -0.2) is 58.4 Å². The highest BCUT2D eigenvalue weighted by Crippen LogP contribution is 2.34. The van der Waals surface area contributed by atoms with Crippen molar-refractivity contribution in [2.24, 2.45) is 0 Å². The molecule has 2 aromatic carbocycles. The van der Waals surface area contributed by atoms with Gasteiger partial charge in [-0.3, -0.25) is 14.7 Å². The van der Waals surface area contributed by atoms with E-state index in [0.29, 0.717) is 30.3 Å². The van der Waals surface area contributed by atoms with Crippen LogP contribution in [0.1, 0.15) is 34.0 Å². The summed E-state index contributed by atoms with van der Waals surface area (Å²) in [5.41, 5.74) is 3.29. The van der Waals surface area contributed by atoms with Crippen LogP contribution in [0, 0.1) is 6.92 Å². The van der Waals surface area contributed by atoms with E-state index in [0.717, 1.165) is 42.4 Å². The second kappa shape index (κ2) is 14.0. The van der Waals surface area contributed by atoms with Crippen molar-refractivity contribution in [1.29, 1.82) is 0 Å². The van der Waals surface area contributed by atoms with Gasteiger partial charge in [0.25, 0.3) is 5.91 Å². The molecular formula is C32H34ClF3N6O. The molecule has 5 rings (SSSR count). The van der Waals surface area contributed by atoms with E-state index in [1.165, 1.54) is 12.1 Å². The molecule has 0 saturated carbocycles. The number of pyridine rings is 2. The fourth-order valence-corrected chi connectivity index (χ4v) is 5.01. The molecule has 4 aromatic rings. The number of amides is 1. The Balaban J connectivity index is 0.00000423. The molecule has 2 aromatic heterocycles. The van der Waals surface area contributed by atoms with E-state index in [2.05, 4.69) is 32.4 Å². The number of anilines is 3. The van der Waals surface area contributed by atoms with Crippen LogP contribution in [0.5, 0.6) is 0 Å². The molecule has 1 saturated heterocycles. The molecule has 1 aliphatic rings. The number of nitrogens with zero attached hydrogens (tertiary/aromatic N) is 4. The standard InChI is InChI=1S/C32H33F3N6O.ClH/c1-3-40-13-15-41(16-14-40)21-26-8-7-24(17-28(26)32(33,34)35)31(42)38-27-9-6-22(2)29(19-27)39-30-18-23(10-12-37-30)25-5-4-11-36-20-25;/h4-12,17-20H,3,13-16,21H2,1-2H3,(H,37,39)(H,38,42);1H. The number of benzene rings is 2. The minimum absolute atomic E-state index is 0. The van der Waals surface area contributed by atoms with Crippen molar-refractivity contribution in [2.45, 2.75) is 26.6 Å². The summed E-state index contributed by atoms with van der Waals surface area (Å²) in [5.74, 6) is -0.0143. The van der Waals surface area contributed by atoms with Crippen molar-refractivity contribution in [3.63, 3.8) is 0 Å². The van der Waals surface area contributed by atoms with E-state index >= 15 is 0 Å². The van der Waals surface area contributed by atoms with E-state index in [4.69, 9.17) is 0 Å². The normalized spacial score (nSPS) is 14.2. The fraction of sp³-hybridized carbons (Fsp3) is 0.281. The smallest absolute Gasteiger partial charge is 0.340 e. The van der Waals surface area contributed by atoms with Crippen molar-refractivity contribution in [3.05, 3.63) is 102 Å². The lowest BCUT2D eigenvalue weighted by molar-refractivity contribution is -0.138. The van der Waals surface area contributed by atoms with Gasteiger partial charge in [0.15, 0.2) is 0 Å². The second-order valence-electron chi connectivity index (χ2n) is 10.4. The Kier molecular flexibility index (Phi) is 10.4. The van der Waals surface area contributed by atoms with Gasteiger partial charge < -0.3 is 15.5 Å². The number of likely N-dealkylation sites (N-methyl/N-ethyl adjacent to an activating group) is 1. The number of halogens is 4. The van der Waals surface area contributed by atoms with Gasteiger partial charge in [-0.25, -0.2) is 4.98 Å². The maximum atomic E-state index is 14.1. The number of nitrogens with one attached hydrogen (secondary N) is 2. The van der Waals surface area contributed by atoms with Crippen molar-refractivity contribution < 1.29 is 18.0 Å². The molecule has 7 nitrogen and oxygen atoms in total. The Morgan fingerprint density at radius 2 is 1.70 bits per heavy atom. The lowest BCUT2D eigenvalue weighted by Crippen LogP contribution is -2.45. The Hall–Kier alpha value is -3.99. The first-order valence-corrected chi connectivity index (χ1v) is 13.9. The molecule has 0 radical (unpaired) electrons. The van der Waals surface area contributed by atoms with Gasteiger partial charge >= 0.3 is 6.18 Å². The van der Waals surface area contributed by atoms with Crippen molar-refractivity contribution in [3.8, 4) is 11.1 Å². The van der Waals surface area contributed by atoms with Crippen LogP contribution in [0.4, 0.5) is 30.4 Å². The van der Waals surface area contributed by atoms with E-state index in [9.17, 15) is 18.0 Å². The van der Waals surface area contributed by atoms with Crippen LogP contribution in [0.3, 0.4) is 0 Å². The molecule has 0 spiro atoms. The van der Waals surface area contributed by atoms with E-state index in [1.807, 2.05) is 42.2 Å². The molecule has 0 bridgehead atoms. The predicted molar refractivity (Wildman–Crippen MR) is 166 cm³/mol. The number of carbonyl (C=O) groups is 1. The van der Waals surface area contributed by atoms with Crippen molar-refractivity contribution in [2.75, 3.05) is 43.4 Å². The van der Waals surface area contributed by atoms with Gasteiger partial charge in [-0.1, -0.05) is 25.1 Å². The molecule has 1 amide bonds. The summed E-state index contributed by atoms with van der Waals surface area (Å²) < 4.78 is 42.2. The van der Waals surface area contributed by atoms with E-state index in [1.54, 1.807) is 30.7 Å². The van der Waals surface area contributed by atoms with Crippen LogP contribution in [0.15, 0.2) is 79.3 Å². The zero-order valence-corrected chi connectivity index (χ0v) is 24.8. The molecule has 3 heterocycles. The Morgan fingerprint density at radius 3 is 2.40 bits per heavy atom. The summed E-state index contributed by atoms with van der Waals surface area (Å²) >= 11 is 0. The van der Waals surface area contributed by atoms with Gasteiger partial charge in [-0.2, -0.15) is 13.2 Å². The van der Waals surface area contributed by atoms with Crippen LogP contribution in [-0.2, 0) is 12.7 Å². The lowest BCUT2D eigenvalue weighted by atomic mass is 10.0. The Morgan fingerprint density at radius 1 is 0.930 bits per heavy atom. The van der Waals surface area contributed by atoms with Gasteiger partial charge in [-0.15, -0.1) is 12.4 Å². The zero-order valence-electron chi connectivity index (χ0n) is 24.0. The minimum Gasteiger partial charge on any atom is -0.340 e. The number of hydrogen-bond acceptors (Lipinski definition) is 6.